The SMILES string of the molecule is CCCCN1CC2CNCC2C1C. The molecule has 2 heteroatoms. The molecule has 0 spiro atoms. The van der Waals surface area contributed by atoms with E-state index in [1.807, 2.05) is 0 Å². The predicted molar refractivity (Wildman–Crippen MR) is 55.8 cm³/mol. The van der Waals surface area contributed by atoms with Gasteiger partial charge in [0.25, 0.3) is 0 Å². The van der Waals surface area contributed by atoms with Crippen molar-refractivity contribution in [2.75, 3.05) is 26.2 Å². The Morgan fingerprint density at radius 2 is 2.23 bits per heavy atom. The van der Waals surface area contributed by atoms with Crippen molar-refractivity contribution in [1.29, 1.82) is 0 Å². The van der Waals surface area contributed by atoms with Crippen LogP contribution in [0.4, 0.5) is 0 Å². The molecular formula is C11H22N2. The van der Waals surface area contributed by atoms with Gasteiger partial charge < -0.3 is 5.32 Å². The average molecular weight is 182 g/mol. The van der Waals surface area contributed by atoms with Crippen molar-refractivity contribution in [3.63, 3.8) is 0 Å². The lowest BCUT2D eigenvalue weighted by atomic mass is 9.95. The lowest BCUT2D eigenvalue weighted by molar-refractivity contribution is 0.236. The van der Waals surface area contributed by atoms with Gasteiger partial charge in [-0.2, -0.15) is 0 Å². The first-order chi connectivity index (χ1) is 6.33. The minimum atomic E-state index is 0.826. The van der Waals surface area contributed by atoms with E-state index in [-0.39, 0.29) is 0 Å². The van der Waals surface area contributed by atoms with Crippen LogP contribution in [0.2, 0.25) is 0 Å². The van der Waals surface area contributed by atoms with Crippen LogP contribution >= 0.6 is 0 Å². The lowest BCUT2D eigenvalue weighted by Crippen LogP contribution is -2.33. The van der Waals surface area contributed by atoms with Gasteiger partial charge in [0.05, 0.1) is 0 Å². The topological polar surface area (TPSA) is 15.3 Å². The number of unbranched alkanes of at least 4 members (excludes halogenated alkanes) is 1. The van der Waals surface area contributed by atoms with Crippen molar-refractivity contribution in [3.05, 3.63) is 0 Å². The van der Waals surface area contributed by atoms with E-state index in [2.05, 4.69) is 24.1 Å². The van der Waals surface area contributed by atoms with Crippen LogP contribution in [-0.4, -0.2) is 37.1 Å². The molecule has 0 amide bonds. The standard InChI is InChI=1S/C11H22N2/c1-3-4-5-13-8-10-6-12-7-11(10)9(13)2/h9-12H,3-8H2,1-2H3. The Morgan fingerprint density at radius 3 is 2.92 bits per heavy atom. The van der Waals surface area contributed by atoms with Crippen LogP contribution in [0.1, 0.15) is 26.7 Å². The molecule has 13 heavy (non-hydrogen) atoms. The zero-order valence-electron chi connectivity index (χ0n) is 8.92. The highest BCUT2D eigenvalue weighted by Crippen LogP contribution is 2.32. The van der Waals surface area contributed by atoms with E-state index in [0.717, 1.165) is 17.9 Å². The molecule has 0 bridgehead atoms. The van der Waals surface area contributed by atoms with E-state index < -0.39 is 0 Å². The van der Waals surface area contributed by atoms with E-state index in [1.165, 1.54) is 39.0 Å². The molecule has 2 aliphatic heterocycles. The summed E-state index contributed by atoms with van der Waals surface area (Å²) in [4.78, 5) is 2.69. The number of likely N-dealkylation sites (tertiary alicyclic amines) is 1. The monoisotopic (exact) mass is 182 g/mol. The van der Waals surface area contributed by atoms with E-state index in [4.69, 9.17) is 0 Å². The number of hydrogen-bond acceptors (Lipinski definition) is 2. The number of hydrogen-bond donors (Lipinski definition) is 1. The summed E-state index contributed by atoms with van der Waals surface area (Å²) in [6.07, 6.45) is 2.70. The molecule has 3 atom stereocenters. The average Bonchev–Trinajstić information content (AvgIpc) is 2.67. The molecule has 2 saturated heterocycles. The molecule has 0 aromatic heterocycles. The molecule has 0 radical (unpaired) electrons. The Bertz CT molecular complexity index is 169. The molecule has 2 heterocycles. The fraction of sp³-hybridized carbons (Fsp3) is 1.00. The molecule has 2 nitrogen and oxygen atoms in total. The maximum Gasteiger partial charge on any atom is 0.0111 e. The third kappa shape index (κ3) is 1.75. The Balaban J connectivity index is 1.87. The van der Waals surface area contributed by atoms with Crippen LogP contribution in [0.5, 0.6) is 0 Å². The molecule has 2 aliphatic rings. The van der Waals surface area contributed by atoms with Crippen molar-refractivity contribution < 1.29 is 0 Å². The summed E-state index contributed by atoms with van der Waals surface area (Å²) >= 11 is 0. The normalized spacial score (nSPS) is 39.7. The van der Waals surface area contributed by atoms with Gasteiger partial charge in [0.1, 0.15) is 0 Å². The van der Waals surface area contributed by atoms with Crippen LogP contribution < -0.4 is 5.32 Å². The first-order valence-corrected chi connectivity index (χ1v) is 5.77. The van der Waals surface area contributed by atoms with E-state index in [9.17, 15) is 0 Å². The molecule has 0 aliphatic carbocycles. The molecule has 2 fully saturated rings. The highest BCUT2D eigenvalue weighted by molar-refractivity contribution is 4.96. The molecule has 2 rings (SSSR count). The fourth-order valence-corrected chi connectivity index (χ4v) is 2.91. The fourth-order valence-electron chi connectivity index (χ4n) is 2.91. The van der Waals surface area contributed by atoms with Crippen molar-refractivity contribution >= 4 is 0 Å². The van der Waals surface area contributed by atoms with Gasteiger partial charge in [-0.05, 0) is 44.8 Å². The van der Waals surface area contributed by atoms with Crippen LogP contribution in [0.25, 0.3) is 0 Å². The predicted octanol–water partition coefficient (Wildman–Crippen LogP) is 1.33. The zero-order chi connectivity index (χ0) is 9.26. The zero-order valence-corrected chi connectivity index (χ0v) is 8.92. The quantitative estimate of drug-likeness (QED) is 0.708. The third-order valence-corrected chi connectivity index (χ3v) is 3.86. The summed E-state index contributed by atoms with van der Waals surface area (Å²) in [5, 5.41) is 3.50. The second-order valence-corrected chi connectivity index (χ2v) is 4.67. The largest absolute Gasteiger partial charge is 0.316 e. The second-order valence-electron chi connectivity index (χ2n) is 4.67. The van der Waals surface area contributed by atoms with Gasteiger partial charge in [-0.25, -0.2) is 0 Å². The Hall–Kier alpha value is -0.0800. The Labute approximate surface area is 81.7 Å². The maximum absolute atomic E-state index is 3.50. The summed E-state index contributed by atoms with van der Waals surface area (Å²) < 4.78 is 0. The van der Waals surface area contributed by atoms with Crippen LogP contribution in [-0.2, 0) is 0 Å². The molecule has 0 saturated carbocycles. The lowest BCUT2D eigenvalue weighted by Gasteiger charge is -2.23. The van der Waals surface area contributed by atoms with Crippen molar-refractivity contribution in [2.24, 2.45) is 11.8 Å². The summed E-state index contributed by atoms with van der Waals surface area (Å²) in [5.74, 6) is 1.89. The third-order valence-electron chi connectivity index (χ3n) is 3.86. The van der Waals surface area contributed by atoms with E-state index in [1.54, 1.807) is 0 Å². The minimum Gasteiger partial charge on any atom is -0.316 e. The summed E-state index contributed by atoms with van der Waals surface area (Å²) in [6, 6.07) is 0.826. The van der Waals surface area contributed by atoms with Gasteiger partial charge in [0.2, 0.25) is 0 Å². The van der Waals surface area contributed by atoms with Crippen molar-refractivity contribution in [3.8, 4) is 0 Å². The highest BCUT2D eigenvalue weighted by Gasteiger charge is 2.40. The number of nitrogens with zero attached hydrogens (tertiary/aromatic N) is 1. The van der Waals surface area contributed by atoms with Crippen molar-refractivity contribution in [1.82, 2.24) is 10.2 Å². The maximum atomic E-state index is 3.50. The van der Waals surface area contributed by atoms with E-state index in [0.29, 0.717) is 0 Å². The molecular weight excluding hydrogens is 160 g/mol. The van der Waals surface area contributed by atoms with Crippen molar-refractivity contribution in [2.45, 2.75) is 32.7 Å². The Morgan fingerprint density at radius 1 is 1.38 bits per heavy atom. The molecule has 76 valence electrons. The molecule has 1 N–H and O–H groups in total. The van der Waals surface area contributed by atoms with Gasteiger partial charge in [-0.1, -0.05) is 13.3 Å². The van der Waals surface area contributed by atoms with Crippen LogP contribution in [0, 0.1) is 11.8 Å². The molecule has 0 aromatic carbocycles. The number of nitrogens with one attached hydrogen (secondary N) is 1. The molecule has 0 aromatic rings. The van der Waals surface area contributed by atoms with Gasteiger partial charge >= 0.3 is 0 Å². The highest BCUT2D eigenvalue weighted by atomic mass is 15.2. The smallest absolute Gasteiger partial charge is 0.0111 e. The Kier molecular flexibility index (Phi) is 2.89. The number of rotatable bonds is 3. The van der Waals surface area contributed by atoms with Gasteiger partial charge in [0, 0.05) is 12.6 Å². The van der Waals surface area contributed by atoms with Crippen LogP contribution in [0.3, 0.4) is 0 Å². The van der Waals surface area contributed by atoms with Gasteiger partial charge in [-0.15, -0.1) is 0 Å². The summed E-state index contributed by atoms with van der Waals surface area (Å²) in [6.45, 7) is 9.88. The van der Waals surface area contributed by atoms with Crippen LogP contribution in [0.15, 0.2) is 0 Å². The summed E-state index contributed by atoms with van der Waals surface area (Å²) in [7, 11) is 0. The minimum absolute atomic E-state index is 0.826. The first kappa shape index (κ1) is 9.47. The first-order valence-electron chi connectivity index (χ1n) is 5.77. The van der Waals surface area contributed by atoms with Gasteiger partial charge in [0.15, 0.2) is 0 Å². The van der Waals surface area contributed by atoms with E-state index >= 15 is 0 Å². The van der Waals surface area contributed by atoms with Gasteiger partial charge in [-0.3, -0.25) is 4.90 Å². The summed E-state index contributed by atoms with van der Waals surface area (Å²) in [5.41, 5.74) is 0. The second kappa shape index (κ2) is 3.97. The molecule has 3 unspecified atom stereocenters. The number of fused-ring (bicyclic) bond motifs is 1.